The number of phosphoric ester groups is 1. The molecule has 0 saturated carbocycles. The average Bonchev–Trinajstić information content (AvgIpc) is 3.10. The number of carbonyl (C=O) groups is 1. The fourth-order valence-corrected chi connectivity index (χ4v) is 8.06. The van der Waals surface area contributed by atoms with Crippen LogP contribution in [-0.2, 0) is 33.2 Å². The van der Waals surface area contributed by atoms with E-state index in [1.54, 1.807) is 18.2 Å². The second kappa shape index (κ2) is 20.9. The van der Waals surface area contributed by atoms with E-state index in [4.69, 9.17) is 13.8 Å². The van der Waals surface area contributed by atoms with Gasteiger partial charge in [0.1, 0.15) is 0 Å². The smallest absolute Gasteiger partial charge is 0.465 e. The molecule has 50 heavy (non-hydrogen) atoms. The largest absolute Gasteiger partial charge is 0.472 e. The summed E-state index contributed by atoms with van der Waals surface area (Å²) in [5, 5.41) is 5.47. The average molecular weight is 727 g/mol. The molecule has 2 N–H and O–H groups in total. The minimum atomic E-state index is -4.45. The third-order valence-corrected chi connectivity index (χ3v) is 11.3. The number of hydrogen-bond acceptors (Lipinski definition) is 7. The number of ether oxygens (including phenoxy) is 1. The van der Waals surface area contributed by atoms with E-state index in [1.165, 1.54) is 57.8 Å². The standard InChI is InChI=1S/C39H53NO8PS/c1-2-3-4-5-6-7-8-9-10-11-12-13-14-15-16-21-37(41)46-29-18-30-47-49(42,43)48-31-28-40-50(44,45)36-27-25-34-23-22-32-19-17-20-33-24-26-35(36)39(34)38(32)33/h9-10,17-20,22-27,40H,2-8,11-16,21,28-31H2,1H3,(H,42,43)/b10-9+. The van der Waals surface area contributed by atoms with Crippen LogP contribution in [0.3, 0.4) is 0 Å². The Hall–Kier alpha value is -2.85. The van der Waals surface area contributed by atoms with Crippen molar-refractivity contribution in [2.45, 2.75) is 102 Å². The fourth-order valence-electron chi connectivity index (χ4n) is 6.15. The van der Waals surface area contributed by atoms with Gasteiger partial charge in [0.05, 0.1) is 24.7 Å². The molecule has 0 aliphatic rings. The molecule has 0 fully saturated rings. The van der Waals surface area contributed by atoms with Crippen molar-refractivity contribution in [3.8, 4) is 0 Å². The Labute approximate surface area is 297 Å². The lowest BCUT2D eigenvalue weighted by Crippen LogP contribution is -2.27. The number of esters is 1. The van der Waals surface area contributed by atoms with Gasteiger partial charge in [0.2, 0.25) is 10.0 Å². The molecule has 0 bridgehead atoms. The third-order valence-electron chi connectivity index (χ3n) is 8.79. The van der Waals surface area contributed by atoms with Crippen LogP contribution in [0.1, 0.15) is 96.8 Å². The minimum absolute atomic E-state index is 0.0526. The Balaban J connectivity index is 1.03. The summed E-state index contributed by atoms with van der Waals surface area (Å²) in [5.41, 5.74) is 0. The number of hydrogen-bond donors (Lipinski definition) is 2. The van der Waals surface area contributed by atoms with E-state index < -0.39 is 17.8 Å². The molecule has 4 aromatic carbocycles. The Morgan fingerprint density at radius 3 is 2.06 bits per heavy atom. The van der Waals surface area contributed by atoms with Crippen molar-refractivity contribution in [3.63, 3.8) is 0 Å². The van der Waals surface area contributed by atoms with Crippen molar-refractivity contribution in [2.75, 3.05) is 26.4 Å². The Bertz CT molecular complexity index is 1790. The first-order valence-electron chi connectivity index (χ1n) is 18.1. The number of unbranched alkanes of at least 4 members (excludes halogenated alkanes) is 11. The van der Waals surface area contributed by atoms with Gasteiger partial charge in [-0.1, -0.05) is 119 Å². The van der Waals surface area contributed by atoms with Crippen molar-refractivity contribution in [1.82, 2.24) is 4.72 Å². The summed E-state index contributed by atoms with van der Waals surface area (Å²) in [5.74, 6) is -0.320. The van der Waals surface area contributed by atoms with Gasteiger partial charge in [-0.05, 0) is 65.1 Å². The quantitative estimate of drug-likeness (QED) is 0.0215. The van der Waals surface area contributed by atoms with Crippen molar-refractivity contribution < 1.29 is 36.5 Å². The summed E-state index contributed by atoms with van der Waals surface area (Å²) in [6.45, 7) is 1.29. The Kier molecular flexibility index (Phi) is 16.7. The van der Waals surface area contributed by atoms with Crippen LogP contribution in [0.25, 0.3) is 32.3 Å². The third kappa shape index (κ3) is 12.7. The van der Waals surface area contributed by atoms with Crippen molar-refractivity contribution >= 4 is 56.1 Å². The molecule has 273 valence electrons. The maximum Gasteiger partial charge on any atom is 0.472 e. The number of carbonyl (C=O) groups excluding carboxylic acids is 1. The number of phosphoric acid groups is 1. The van der Waals surface area contributed by atoms with Crippen LogP contribution < -0.4 is 4.72 Å². The first kappa shape index (κ1) is 39.9. The topological polar surface area (TPSA) is 128 Å². The van der Waals surface area contributed by atoms with Crippen LogP contribution in [0.15, 0.2) is 71.6 Å². The summed E-state index contributed by atoms with van der Waals surface area (Å²) >= 11 is 0. The summed E-state index contributed by atoms with van der Waals surface area (Å²) in [7, 11) is -8.40. The molecule has 0 aliphatic carbocycles. The normalized spacial score (nSPS) is 13.6. The lowest BCUT2D eigenvalue weighted by Gasteiger charge is -2.15. The van der Waals surface area contributed by atoms with E-state index >= 15 is 0 Å². The number of allylic oxidation sites excluding steroid dienone is 2. The van der Waals surface area contributed by atoms with Crippen molar-refractivity contribution in [2.24, 2.45) is 0 Å². The van der Waals surface area contributed by atoms with Gasteiger partial charge in [-0.15, -0.1) is 0 Å². The number of benzene rings is 4. The lowest BCUT2D eigenvalue weighted by molar-refractivity contribution is -0.143. The van der Waals surface area contributed by atoms with E-state index in [1.807, 2.05) is 36.4 Å². The van der Waals surface area contributed by atoms with Crippen molar-refractivity contribution in [3.05, 3.63) is 73.2 Å². The zero-order valence-corrected chi connectivity index (χ0v) is 31.0. The van der Waals surface area contributed by atoms with E-state index in [2.05, 4.69) is 23.8 Å². The highest BCUT2D eigenvalue weighted by molar-refractivity contribution is 7.89. The second-order valence-electron chi connectivity index (χ2n) is 12.7. The molecule has 11 heteroatoms. The molecule has 0 aliphatic heterocycles. The fraction of sp³-hybridized carbons (Fsp3) is 0.487. The van der Waals surface area contributed by atoms with Crippen LogP contribution in [0.5, 0.6) is 0 Å². The maximum atomic E-state index is 13.2. The molecule has 1 atom stereocenters. The molecule has 4 aromatic rings. The van der Waals surface area contributed by atoms with Gasteiger partial charge in [-0.25, -0.2) is 17.7 Å². The second-order valence-corrected chi connectivity index (χ2v) is 15.9. The van der Waals surface area contributed by atoms with Crippen molar-refractivity contribution in [1.29, 1.82) is 0 Å². The molecule has 1 unspecified atom stereocenters. The predicted octanol–water partition coefficient (Wildman–Crippen LogP) is 9.78. The minimum Gasteiger partial charge on any atom is -0.465 e. The molecular weight excluding hydrogens is 673 g/mol. The summed E-state index contributed by atoms with van der Waals surface area (Å²) < 4.78 is 56.1. The van der Waals surface area contributed by atoms with Gasteiger partial charge < -0.3 is 9.63 Å². The lowest BCUT2D eigenvalue weighted by atomic mass is 9.94. The molecule has 0 heterocycles. The van der Waals surface area contributed by atoms with E-state index in [0.29, 0.717) is 11.8 Å². The van der Waals surface area contributed by atoms with E-state index in [0.717, 1.165) is 59.0 Å². The highest BCUT2D eigenvalue weighted by atomic mass is 32.2. The van der Waals surface area contributed by atoms with Gasteiger partial charge in [0.25, 0.3) is 0 Å². The predicted molar refractivity (Wildman–Crippen MR) is 202 cm³/mol. The van der Waals surface area contributed by atoms with Gasteiger partial charge in [0.15, 0.2) is 0 Å². The van der Waals surface area contributed by atoms with Gasteiger partial charge in [-0.3, -0.25) is 13.8 Å². The Morgan fingerprint density at radius 1 is 0.760 bits per heavy atom. The molecule has 4 rings (SSSR count). The van der Waals surface area contributed by atoms with Crippen LogP contribution in [-0.4, -0.2) is 45.6 Å². The van der Waals surface area contributed by atoms with Gasteiger partial charge in [-0.2, -0.15) is 0 Å². The first-order chi connectivity index (χ1) is 24.2. The van der Waals surface area contributed by atoms with Crippen LogP contribution in [0.2, 0.25) is 0 Å². The number of nitrogens with one attached hydrogen (secondary N) is 1. The molecule has 0 amide bonds. The van der Waals surface area contributed by atoms with E-state index in [9.17, 15) is 22.7 Å². The Morgan fingerprint density at radius 2 is 1.36 bits per heavy atom. The SMILES string of the molecule is CCCCCCCC/C=C/CCCCCCCC(=O)OC[CH]COP(=O)(O)OCCNS(=O)(=O)c1ccc2ccc3cccc4ccc1c2c34. The van der Waals surface area contributed by atoms with Gasteiger partial charge >= 0.3 is 13.8 Å². The molecule has 0 aromatic heterocycles. The van der Waals surface area contributed by atoms with Crippen LogP contribution >= 0.6 is 7.82 Å². The summed E-state index contributed by atoms with van der Waals surface area (Å²) in [6, 6.07) is 17.0. The molecular formula is C39H53NO8PS. The van der Waals surface area contributed by atoms with Crippen LogP contribution in [0.4, 0.5) is 0 Å². The zero-order chi connectivity index (χ0) is 35.7. The summed E-state index contributed by atoms with van der Waals surface area (Å²) in [4.78, 5) is 22.1. The first-order valence-corrected chi connectivity index (χ1v) is 21.1. The maximum absolute atomic E-state index is 13.2. The number of sulfonamides is 1. The number of rotatable bonds is 26. The summed E-state index contributed by atoms with van der Waals surface area (Å²) in [6.07, 6.45) is 21.8. The molecule has 1 radical (unpaired) electrons. The van der Waals surface area contributed by atoms with Crippen LogP contribution in [0, 0.1) is 6.42 Å². The molecule has 0 saturated heterocycles. The van der Waals surface area contributed by atoms with E-state index in [-0.39, 0.29) is 37.2 Å². The monoisotopic (exact) mass is 726 g/mol. The highest BCUT2D eigenvalue weighted by Crippen LogP contribution is 2.43. The zero-order valence-electron chi connectivity index (χ0n) is 29.3. The molecule has 0 spiro atoms. The molecule has 9 nitrogen and oxygen atoms in total. The van der Waals surface area contributed by atoms with Gasteiger partial charge in [0, 0.05) is 24.8 Å². The highest BCUT2D eigenvalue weighted by Gasteiger charge is 2.23.